The molecule has 0 atom stereocenters. The fourth-order valence-corrected chi connectivity index (χ4v) is 2.78. The average Bonchev–Trinajstić information content (AvgIpc) is 2.45. The number of para-hydroxylation sites is 2. The number of hydrogen-bond acceptors (Lipinski definition) is 4. The zero-order valence-corrected chi connectivity index (χ0v) is 13.6. The minimum absolute atomic E-state index is 0.927. The maximum Gasteiger partial charge on any atom is 0.0499 e. The van der Waals surface area contributed by atoms with Gasteiger partial charge in [0.2, 0.25) is 0 Å². The lowest BCUT2D eigenvalue weighted by Gasteiger charge is -2.26. The van der Waals surface area contributed by atoms with Gasteiger partial charge in [0, 0.05) is 48.4 Å². The first-order valence-electron chi connectivity index (χ1n) is 6.58. The molecule has 0 aliphatic carbocycles. The summed E-state index contributed by atoms with van der Waals surface area (Å²) in [4.78, 5) is 6.46. The van der Waals surface area contributed by atoms with Crippen molar-refractivity contribution in [2.24, 2.45) is 0 Å². The van der Waals surface area contributed by atoms with Gasteiger partial charge in [0.05, 0.1) is 0 Å². The van der Waals surface area contributed by atoms with E-state index in [0.29, 0.717) is 0 Å². The highest BCUT2D eigenvalue weighted by molar-refractivity contribution is 7.80. The van der Waals surface area contributed by atoms with Crippen LogP contribution in [0.5, 0.6) is 0 Å². The van der Waals surface area contributed by atoms with E-state index in [4.69, 9.17) is 0 Å². The molecule has 0 aliphatic heterocycles. The Bertz CT molecular complexity index is 520. The van der Waals surface area contributed by atoms with E-state index in [9.17, 15) is 0 Å². The Kier molecular flexibility index (Phi) is 5.26. The monoisotopic (exact) mass is 304 g/mol. The highest BCUT2D eigenvalue weighted by Crippen LogP contribution is 2.24. The molecule has 0 fully saturated rings. The number of likely N-dealkylation sites (N-methyl/N-ethyl adjacent to an activating group) is 2. The molecule has 0 N–H and O–H groups in total. The highest BCUT2D eigenvalue weighted by atomic mass is 32.1. The summed E-state index contributed by atoms with van der Waals surface area (Å²) in [6.07, 6.45) is 0. The van der Waals surface area contributed by atoms with Gasteiger partial charge < -0.3 is 9.80 Å². The third kappa shape index (κ3) is 3.64. The summed E-state index contributed by atoms with van der Waals surface area (Å²) in [5.41, 5.74) is 2.31. The predicted molar refractivity (Wildman–Crippen MR) is 93.9 cm³/mol. The van der Waals surface area contributed by atoms with Crippen LogP contribution in [0.25, 0.3) is 0 Å². The van der Waals surface area contributed by atoms with E-state index >= 15 is 0 Å². The van der Waals surface area contributed by atoms with Crippen LogP contribution < -0.4 is 9.80 Å². The number of rotatable bonds is 5. The number of benzene rings is 2. The lowest BCUT2D eigenvalue weighted by molar-refractivity contribution is 0.822. The number of thiol groups is 2. The predicted octanol–water partition coefficient (Wildman–Crippen LogP) is 3.84. The number of nitrogens with zero attached hydrogens (tertiary/aromatic N) is 2. The Balaban J connectivity index is 1.99. The second kappa shape index (κ2) is 6.95. The van der Waals surface area contributed by atoms with Gasteiger partial charge in [-0.1, -0.05) is 24.3 Å². The third-order valence-electron chi connectivity index (χ3n) is 3.36. The molecule has 20 heavy (non-hydrogen) atoms. The van der Waals surface area contributed by atoms with E-state index < -0.39 is 0 Å². The number of anilines is 2. The Morgan fingerprint density at radius 3 is 1.40 bits per heavy atom. The smallest absolute Gasteiger partial charge is 0.0499 e. The fourth-order valence-electron chi connectivity index (χ4n) is 2.11. The summed E-state index contributed by atoms with van der Waals surface area (Å²) >= 11 is 9.00. The van der Waals surface area contributed by atoms with Gasteiger partial charge in [-0.05, 0) is 24.3 Å². The second-order valence-corrected chi connectivity index (χ2v) is 5.78. The first-order valence-corrected chi connectivity index (χ1v) is 7.47. The van der Waals surface area contributed by atoms with Crippen molar-refractivity contribution in [3.63, 3.8) is 0 Å². The van der Waals surface area contributed by atoms with Crippen molar-refractivity contribution in [2.75, 3.05) is 37.0 Å². The van der Waals surface area contributed by atoms with Crippen LogP contribution in [0.4, 0.5) is 11.4 Å². The second-order valence-electron chi connectivity index (χ2n) is 4.82. The summed E-state index contributed by atoms with van der Waals surface area (Å²) in [5.74, 6) is 0. The van der Waals surface area contributed by atoms with Crippen LogP contribution in [0.2, 0.25) is 0 Å². The summed E-state index contributed by atoms with van der Waals surface area (Å²) in [6, 6.07) is 16.3. The molecule has 0 saturated carbocycles. The molecule has 0 amide bonds. The van der Waals surface area contributed by atoms with E-state index in [1.54, 1.807) is 0 Å². The van der Waals surface area contributed by atoms with Crippen molar-refractivity contribution in [3.05, 3.63) is 48.5 Å². The van der Waals surface area contributed by atoms with E-state index in [1.807, 2.05) is 36.4 Å². The molecular weight excluding hydrogens is 284 g/mol. The molecular formula is C16H20N2S2. The van der Waals surface area contributed by atoms with Gasteiger partial charge in [-0.2, -0.15) is 0 Å². The molecule has 0 spiro atoms. The lowest BCUT2D eigenvalue weighted by atomic mass is 10.2. The third-order valence-corrected chi connectivity index (χ3v) is 4.11. The summed E-state index contributed by atoms with van der Waals surface area (Å²) in [7, 11) is 4.19. The van der Waals surface area contributed by atoms with Crippen molar-refractivity contribution in [2.45, 2.75) is 9.79 Å². The van der Waals surface area contributed by atoms with E-state index in [-0.39, 0.29) is 0 Å². The summed E-state index contributed by atoms with van der Waals surface area (Å²) in [6.45, 7) is 1.85. The fraction of sp³-hybridized carbons (Fsp3) is 0.250. The minimum Gasteiger partial charge on any atom is -0.372 e. The van der Waals surface area contributed by atoms with Gasteiger partial charge >= 0.3 is 0 Å². The van der Waals surface area contributed by atoms with E-state index in [2.05, 4.69) is 61.3 Å². The van der Waals surface area contributed by atoms with Crippen LogP contribution in [0.15, 0.2) is 58.3 Å². The van der Waals surface area contributed by atoms with Crippen molar-refractivity contribution in [1.29, 1.82) is 0 Å². The molecule has 0 bridgehead atoms. The first-order chi connectivity index (χ1) is 9.59. The molecule has 2 aromatic carbocycles. The van der Waals surface area contributed by atoms with Crippen LogP contribution in [-0.2, 0) is 0 Å². The van der Waals surface area contributed by atoms with Gasteiger partial charge in [-0.25, -0.2) is 0 Å². The van der Waals surface area contributed by atoms with Crippen LogP contribution in [0, 0.1) is 0 Å². The van der Waals surface area contributed by atoms with Crippen molar-refractivity contribution in [3.8, 4) is 0 Å². The average molecular weight is 304 g/mol. The van der Waals surface area contributed by atoms with Crippen LogP contribution >= 0.6 is 25.3 Å². The van der Waals surface area contributed by atoms with Gasteiger partial charge in [0.25, 0.3) is 0 Å². The zero-order chi connectivity index (χ0) is 14.5. The Morgan fingerprint density at radius 1 is 0.700 bits per heavy atom. The van der Waals surface area contributed by atoms with Crippen molar-refractivity contribution < 1.29 is 0 Å². The molecule has 0 saturated heterocycles. The molecule has 2 nitrogen and oxygen atoms in total. The Labute approximate surface area is 132 Å². The molecule has 0 heterocycles. The minimum atomic E-state index is 0.927. The van der Waals surface area contributed by atoms with E-state index in [0.717, 1.165) is 34.3 Å². The molecule has 0 aliphatic rings. The van der Waals surface area contributed by atoms with Gasteiger partial charge in [0.15, 0.2) is 0 Å². The van der Waals surface area contributed by atoms with Crippen molar-refractivity contribution >= 4 is 36.6 Å². The highest BCUT2D eigenvalue weighted by Gasteiger charge is 2.08. The normalized spacial score (nSPS) is 10.4. The van der Waals surface area contributed by atoms with Gasteiger partial charge in [0.1, 0.15) is 0 Å². The first kappa shape index (κ1) is 15.1. The Morgan fingerprint density at radius 2 is 1.05 bits per heavy atom. The maximum absolute atomic E-state index is 4.50. The van der Waals surface area contributed by atoms with Crippen LogP contribution in [0.3, 0.4) is 0 Å². The standard InChI is InChI=1S/C16H20N2S2/c1-17(13-7-3-5-9-15(13)19)11-12-18(2)14-8-4-6-10-16(14)20/h3-10,19-20H,11-12H2,1-2H3. The van der Waals surface area contributed by atoms with E-state index in [1.165, 1.54) is 0 Å². The van der Waals surface area contributed by atoms with Gasteiger partial charge in [-0.3, -0.25) is 0 Å². The van der Waals surface area contributed by atoms with Gasteiger partial charge in [-0.15, -0.1) is 25.3 Å². The largest absolute Gasteiger partial charge is 0.372 e. The molecule has 2 aromatic rings. The zero-order valence-electron chi connectivity index (χ0n) is 11.8. The maximum atomic E-state index is 4.50. The molecule has 2 rings (SSSR count). The molecule has 0 aromatic heterocycles. The molecule has 106 valence electrons. The molecule has 4 heteroatoms. The van der Waals surface area contributed by atoms with Crippen LogP contribution in [0.1, 0.15) is 0 Å². The quantitative estimate of drug-likeness (QED) is 0.810. The molecule has 0 radical (unpaired) electrons. The van der Waals surface area contributed by atoms with Crippen LogP contribution in [-0.4, -0.2) is 27.2 Å². The number of hydrogen-bond donors (Lipinski definition) is 2. The Hall–Kier alpha value is -1.26. The summed E-state index contributed by atoms with van der Waals surface area (Å²) in [5, 5.41) is 0. The lowest BCUT2D eigenvalue weighted by Crippen LogP contribution is -2.31. The molecule has 0 unspecified atom stereocenters. The van der Waals surface area contributed by atoms with Crippen molar-refractivity contribution in [1.82, 2.24) is 0 Å². The SMILES string of the molecule is CN(CCN(C)c1ccccc1S)c1ccccc1S. The summed E-state index contributed by atoms with van der Waals surface area (Å²) < 4.78 is 0. The topological polar surface area (TPSA) is 6.48 Å².